The van der Waals surface area contributed by atoms with Crippen LogP contribution in [-0.4, -0.2) is 58.6 Å². The van der Waals surface area contributed by atoms with Crippen LogP contribution in [0.3, 0.4) is 0 Å². The lowest BCUT2D eigenvalue weighted by molar-refractivity contribution is -0.117. The summed E-state index contributed by atoms with van der Waals surface area (Å²) in [5, 5.41) is 10.5. The number of pyridine rings is 2. The van der Waals surface area contributed by atoms with Crippen LogP contribution in [0.2, 0.25) is 0 Å². The number of hydrogen-bond donors (Lipinski definition) is 2. The van der Waals surface area contributed by atoms with E-state index in [9.17, 15) is 18.0 Å². The van der Waals surface area contributed by atoms with Crippen LogP contribution >= 0.6 is 0 Å². The number of nitrogens with one attached hydrogen (secondary N) is 2. The maximum atomic E-state index is 16.0. The van der Waals surface area contributed by atoms with Gasteiger partial charge in [-0.3, -0.25) is 24.0 Å². The monoisotopic (exact) mass is 638 g/mol. The summed E-state index contributed by atoms with van der Waals surface area (Å²) < 4.78 is 50.1. The van der Waals surface area contributed by atoms with Crippen molar-refractivity contribution < 1.29 is 31.3 Å². The molecule has 45 heavy (non-hydrogen) atoms. The first-order valence-electron chi connectivity index (χ1n) is 14.3. The molecule has 238 valence electrons. The van der Waals surface area contributed by atoms with Crippen LogP contribution in [0, 0.1) is 24.6 Å². The second-order valence-corrected chi connectivity index (χ2v) is 13.8. The van der Waals surface area contributed by atoms with Crippen LogP contribution in [0.15, 0.2) is 49.2 Å². The molecule has 0 bridgehead atoms. The van der Waals surface area contributed by atoms with Crippen LogP contribution in [0.25, 0.3) is 21.9 Å². The van der Waals surface area contributed by atoms with Gasteiger partial charge in [0.05, 0.1) is 31.3 Å². The van der Waals surface area contributed by atoms with Crippen molar-refractivity contribution in [2.45, 2.75) is 52.7 Å². The molecule has 2 amide bonds. The van der Waals surface area contributed by atoms with Crippen molar-refractivity contribution in [1.82, 2.24) is 19.7 Å². The fraction of sp³-hybridized carbons (Fsp3) is 0.387. The lowest BCUT2D eigenvalue weighted by Crippen LogP contribution is -2.27. The first-order valence-corrected chi connectivity index (χ1v) is 16.1. The largest absolute Gasteiger partial charge is 0.444 e. The first-order chi connectivity index (χ1) is 21.1. The molecular formula is C31H35FN6O6S. The summed E-state index contributed by atoms with van der Waals surface area (Å²) in [6.45, 7) is 9.13. The lowest BCUT2D eigenvalue weighted by atomic mass is 9.98. The van der Waals surface area contributed by atoms with Gasteiger partial charge in [0.1, 0.15) is 11.4 Å². The van der Waals surface area contributed by atoms with Crippen molar-refractivity contribution in [1.29, 1.82) is 0 Å². The number of benzene rings is 1. The van der Waals surface area contributed by atoms with Gasteiger partial charge in [-0.15, -0.1) is 0 Å². The summed E-state index contributed by atoms with van der Waals surface area (Å²) in [5.74, 6) is -1.00. The van der Waals surface area contributed by atoms with Crippen LogP contribution in [0.1, 0.15) is 44.7 Å². The Hall–Kier alpha value is -4.43. The third-order valence-corrected chi connectivity index (χ3v) is 8.10. The summed E-state index contributed by atoms with van der Waals surface area (Å²) in [5.41, 5.74) is 1.52. The van der Waals surface area contributed by atoms with E-state index in [4.69, 9.17) is 8.92 Å². The number of rotatable bonds is 9. The topological polar surface area (TPSA) is 154 Å². The van der Waals surface area contributed by atoms with Crippen LogP contribution < -0.4 is 10.6 Å². The minimum Gasteiger partial charge on any atom is -0.444 e. The Morgan fingerprint density at radius 2 is 1.87 bits per heavy atom. The van der Waals surface area contributed by atoms with Crippen molar-refractivity contribution in [3.63, 3.8) is 0 Å². The Morgan fingerprint density at radius 1 is 1.11 bits per heavy atom. The maximum absolute atomic E-state index is 16.0. The van der Waals surface area contributed by atoms with E-state index in [1.807, 2.05) is 13.8 Å². The molecule has 1 saturated carbocycles. The molecule has 3 aromatic heterocycles. The molecule has 1 aliphatic rings. The molecule has 1 aliphatic carbocycles. The number of carbonyl (C=O) groups is 2. The predicted octanol–water partition coefficient (Wildman–Crippen LogP) is 5.25. The zero-order chi connectivity index (χ0) is 32.7. The normalized spacial score (nSPS) is 18.1. The van der Waals surface area contributed by atoms with Gasteiger partial charge < -0.3 is 10.1 Å². The van der Waals surface area contributed by atoms with Gasteiger partial charge in [-0.05, 0) is 68.3 Å². The highest BCUT2D eigenvalue weighted by Crippen LogP contribution is 2.54. The number of amides is 2. The van der Waals surface area contributed by atoms with E-state index in [0.717, 1.165) is 17.4 Å². The number of hydrogen-bond acceptors (Lipinski definition) is 9. The van der Waals surface area contributed by atoms with Crippen molar-refractivity contribution in [2.24, 2.45) is 11.8 Å². The second kappa shape index (κ2) is 12.2. The van der Waals surface area contributed by atoms with E-state index in [0.29, 0.717) is 16.3 Å². The molecule has 1 aromatic carbocycles. The minimum atomic E-state index is -3.54. The Balaban J connectivity index is 1.39. The molecule has 4 aromatic rings. The third kappa shape index (κ3) is 7.45. The zero-order valence-corrected chi connectivity index (χ0v) is 26.6. The summed E-state index contributed by atoms with van der Waals surface area (Å²) in [7, 11) is -3.54. The van der Waals surface area contributed by atoms with Crippen molar-refractivity contribution in [3.05, 3.63) is 66.1 Å². The SMILES string of the molecule is Cc1ccncc1-c1cc2cc(NC(=O)C3C(C)C3c3cnn(CCOS(C)(=O)=O)c3)ncc2c(NC(=O)OC(C)(C)C)c1F. The van der Waals surface area contributed by atoms with Crippen molar-refractivity contribution >= 4 is 44.4 Å². The van der Waals surface area contributed by atoms with E-state index >= 15 is 4.39 Å². The quantitative estimate of drug-likeness (QED) is 0.234. The fourth-order valence-electron chi connectivity index (χ4n) is 5.35. The van der Waals surface area contributed by atoms with E-state index in [1.165, 1.54) is 6.20 Å². The molecule has 3 unspecified atom stereocenters. The van der Waals surface area contributed by atoms with Gasteiger partial charge in [0.25, 0.3) is 10.1 Å². The number of ether oxygens (including phenoxy) is 1. The number of fused-ring (bicyclic) bond motifs is 1. The molecule has 0 aliphatic heterocycles. The summed E-state index contributed by atoms with van der Waals surface area (Å²) in [4.78, 5) is 34.5. The zero-order valence-electron chi connectivity index (χ0n) is 25.8. The first kappa shape index (κ1) is 32.0. The van der Waals surface area contributed by atoms with Crippen molar-refractivity contribution in [2.75, 3.05) is 23.5 Å². The Kier molecular flexibility index (Phi) is 8.64. The van der Waals surface area contributed by atoms with Crippen LogP contribution in [-0.2, 0) is 30.4 Å². The standard InChI is InChI=1S/C31H35FN6O6S/c1-17-7-8-33-14-22(17)21-11-19-12-24(34-15-23(19)28(27(21)32)37-30(40)44-31(3,4)5)36-29(39)26-18(2)25(26)20-13-35-38(16-20)9-10-43-45(6,41)42/h7-8,11-16,18,25-26H,9-10H2,1-6H3,(H,37,40)(H,34,36,39). The average Bonchev–Trinajstić information content (AvgIpc) is 3.38. The van der Waals surface area contributed by atoms with Gasteiger partial charge in [-0.1, -0.05) is 6.92 Å². The molecule has 5 rings (SSSR count). The van der Waals surface area contributed by atoms with Gasteiger partial charge in [0.2, 0.25) is 5.91 Å². The lowest BCUT2D eigenvalue weighted by Gasteiger charge is -2.21. The van der Waals surface area contributed by atoms with E-state index < -0.39 is 27.6 Å². The highest BCUT2D eigenvalue weighted by atomic mass is 32.2. The predicted molar refractivity (Wildman–Crippen MR) is 167 cm³/mol. The number of carbonyl (C=O) groups excluding carboxylic acids is 2. The highest BCUT2D eigenvalue weighted by Gasteiger charge is 2.53. The second-order valence-electron chi connectivity index (χ2n) is 12.2. The summed E-state index contributed by atoms with van der Waals surface area (Å²) >= 11 is 0. The smallest absolute Gasteiger partial charge is 0.412 e. The average molecular weight is 639 g/mol. The van der Waals surface area contributed by atoms with Gasteiger partial charge in [0, 0.05) is 53.1 Å². The van der Waals surface area contributed by atoms with Gasteiger partial charge in [-0.2, -0.15) is 13.5 Å². The number of aromatic nitrogens is 4. The molecule has 12 nitrogen and oxygen atoms in total. The minimum absolute atomic E-state index is 0.0364. The van der Waals surface area contributed by atoms with Crippen LogP contribution in [0.5, 0.6) is 0 Å². The van der Waals surface area contributed by atoms with Gasteiger partial charge in [-0.25, -0.2) is 14.2 Å². The van der Waals surface area contributed by atoms with Gasteiger partial charge in [0.15, 0.2) is 5.82 Å². The Morgan fingerprint density at radius 3 is 2.56 bits per heavy atom. The third-order valence-electron chi connectivity index (χ3n) is 7.51. The molecule has 0 spiro atoms. The molecule has 3 heterocycles. The Bertz CT molecular complexity index is 1890. The summed E-state index contributed by atoms with van der Waals surface area (Å²) in [6.07, 6.45) is 8.18. The maximum Gasteiger partial charge on any atom is 0.412 e. The number of aryl methyl sites for hydroxylation is 1. The molecule has 3 atom stereocenters. The molecule has 14 heteroatoms. The molecule has 0 saturated heterocycles. The van der Waals surface area contributed by atoms with Crippen molar-refractivity contribution in [3.8, 4) is 11.1 Å². The number of nitrogens with zero attached hydrogens (tertiary/aromatic N) is 4. The Labute approximate surface area is 260 Å². The highest BCUT2D eigenvalue weighted by molar-refractivity contribution is 7.85. The molecular weight excluding hydrogens is 603 g/mol. The molecule has 2 N–H and O–H groups in total. The number of anilines is 2. The fourth-order valence-corrected chi connectivity index (χ4v) is 5.73. The van der Waals surface area contributed by atoms with E-state index in [2.05, 4.69) is 25.7 Å². The molecule has 0 radical (unpaired) electrons. The van der Waals surface area contributed by atoms with Gasteiger partial charge >= 0.3 is 6.09 Å². The molecule has 1 fully saturated rings. The summed E-state index contributed by atoms with van der Waals surface area (Å²) in [6, 6.07) is 5.03. The number of halogens is 1. The van der Waals surface area contributed by atoms with Crippen LogP contribution in [0.4, 0.5) is 20.7 Å². The van der Waals surface area contributed by atoms with E-state index in [-0.39, 0.29) is 53.9 Å². The van der Waals surface area contributed by atoms with E-state index in [1.54, 1.807) is 68.4 Å².